The first-order valence-electron chi connectivity index (χ1n) is 7.03. The summed E-state index contributed by atoms with van der Waals surface area (Å²) in [6.45, 7) is 11.7. The third-order valence-corrected chi connectivity index (χ3v) is 3.46. The van der Waals surface area contributed by atoms with Crippen molar-refractivity contribution in [3.8, 4) is 0 Å². The first kappa shape index (κ1) is 16.2. The zero-order valence-electron chi connectivity index (χ0n) is 13.0. The Balaban J connectivity index is 3.10. The number of ether oxygens (including phenoxy) is 2. The van der Waals surface area contributed by atoms with Crippen LogP contribution in [0.2, 0.25) is 0 Å². The molecule has 0 bridgehead atoms. The number of nitrogens with one attached hydrogen (secondary N) is 1. The summed E-state index contributed by atoms with van der Waals surface area (Å²) in [5.74, 6) is 0. The van der Waals surface area contributed by atoms with Crippen molar-refractivity contribution in [1.82, 2.24) is 5.32 Å². The Bertz CT molecular complexity index is 398. The van der Waals surface area contributed by atoms with Gasteiger partial charge in [0.1, 0.15) is 0 Å². The van der Waals surface area contributed by atoms with Gasteiger partial charge in [-0.25, -0.2) is 0 Å². The molecule has 0 saturated heterocycles. The fourth-order valence-electron chi connectivity index (χ4n) is 2.33. The molecule has 0 radical (unpaired) electrons. The molecular weight excluding hydrogens is 238 g/mol. The quantitative estimate of drug-likeness (QED) is 0.768. The van der Waals surface area contributed by atoms with Crippen LogP contribution in [-0.2, 0) is 9.47 Å². The summed E-state index contributed by atoms with van der Waals surface area (Å²) < 4.78 is 11.5. The molecule has 108 valence electrons. The highest BCUT2D eigenvalue weighted by Crippen LogP contribution is 2.26. The molecule has 0 amide bonds. The average molecular weight is 265 g/mol. The molecule has 0 saturated carbocycles. The van der Waals surface area contributed by atoms with Crippen LogP contribution in [0.1, 0.15) is 42.1 Å². The summed E-state index contributed by atoms with van der Waals surface area (Å²) in [5.41, 5.74) is 5.14. The van der Waals surface area contributed by atoms with Gasteiger partial charge >= 0.3 is 0 Å². The summed E-state index contributed by atoms with van der Waals surface area (Å²) in [4.78, 5) is 0. The van der Waals surface area contributed by atoms with E-state index in [4.69, 9.17) is 9.47 Å². The highest BCUT2D eigenvalue weighted by Gasteiger charge is 2.24. The van der Waals surface area contributed by atoms with E-state index < -0.39 is 0 Å². The Labute approximate surface area is 117 Å². The number of rotatable bonds is 7. The predicted molar refractivity (Wildman–Crippen MR) is 79.5 cm³/mol. The summed E-state index contributed by atoms with van der Waals surface area (Å²) in [5, 5.41) is 3.33. The van der Waals surface area contributed by atoms with Crippen LogP contribution in [0.4, 0.5) is 0 Å². The second kappa shape index (κ2) is 7.63. The lowest BCUT2D eigenvalue weighted by Gasteiger charge is -2.28. The van der Waals surface area contributed by atoms with Crippen LogP contribution in [0.15, 0.2) is 12.1 Å². The van der Waals surface area contributed by atoms with Gasteiger partial charge in [0.25, 0.3) is 0 Å². The lowest BCUT2D eigenvalue weighted by atomic mass is 9.95. The summed E-state index contributed by atoms with van der Waals surface area (Å²) in [7, 11) is 1.95. The van der Waals surface area contributed by atoms with Crippen molar-refractivity contribution in [2.45, 2.75) is 47.0 Å². The van der Waals surface area contributed by atoms with E-state index in [1.807, 2.05) is 20.9 Å². The molecule has 3 heteroatoms. The fraction of sp³-hybridized carbons (Fsp3) is 0.625. The zero-order valence-corrected chi connectivity index (χ0v) is 13.0. The lowest BCUT2D eigenvalue weighted by Crippen LogP contribution is -2.34. The van der Waals surface area contributed by atoms with Crippen LogP contribution >= 0.6 is 0 Å². The van der Waals surface area contributed by atoms with Gasteiger partial charge < -0.3 is 14.8 Å². The maximum absolute atomic E-state index is 5.73. The fourth-order valence-corrected chi connectivity index (χ4v) is 2.33. The first-order chi connectivity index (χ1) is 9.04. The van der Waals surface area contributed by atoms with Crippen LogP contribution in [-0.4, -0.2) is 26.6 Å². The number of hydrogen-bond acceptors (Lipinski definition) is 3. The molecule has 1 rings (SSSR count). The largest absolute Gasteiger partial charge is 0.351 e. The maximum Gasteiger partial charge on any atom is 0.176 e. The Morgan fingerprint density at radius 2 is 1.47 bits per heavy atom. The van der Waals surface area contributed by atoms with Crippen molar-refractivity contribution < 1.29 is 9.47 Å². The van der Waals surface area contributed by atoms with E-state index in [1.165, 1.54) is 22.3 Å². The van der Waals surface area contributed by atoms with Crippen molar-refractivity contribution in [3.05, 3.63) is 34.4 Å². The van der Waals surface area contributed by atoms with Crippen LogP contribution in [0.3, 0.4) is 0 Å². The average Bonchev–Trinajstić information content (AvgIpc) is 2.37. The molecule has 3 nitrogen and oxygen atoms in total. The van der Waals surface area contributed by atoms with Gasteiger partial charge in [0.15, 0.2) is 6.29 Å². The van der Waals surface area contributed by atoms with Gasteiger partial charge in [-0.15, -0.1) is 0 Å². The molecule has 1 unspecified atom stereocenters. The predicted octanol–water partition coefficient (Wildman–Crippen LogP) is 3.27. The van der Waals surface area contributed by atoms with Crippen molar-refractivity contribution in [2.24, 2.45) is 0 Å². The monoisotopic (exact) mass is 265 g/mol. The van der Waals surface area contributed by atoms with Crippen LogP contribution in [0.25, 0.3) is 0 Å². The van der Waals surface area contributed by atoms with Crippen molar-refractivity contribution in [2.75, 3.05) is 20.3 Å². The molecule has 0 aliphatic carbocycles. The van der Waals surface area contributed by atoms with Gasteiger partial charge in [-0.2, -0.15) is 0 Å². The topological polar surface area (TPSA) is 30.5 Å². The van der Waals surface area contributed by atoms with E-state index in [0.29, 0.717) is 13.2 Å². The van der Waals surface area contributed by atoms with E-state index in [0.717, 1.165) is 0 Å². The van der Waals surface area contributed by atoms with Crippen molar-refractivity contribution >= 4 is 0 Å². The second-order valence-corrected chi connectivity index (χ2v) is 4.84. The smallest absolute Gasteiger partial charge is 0.176 e. The molecule has 0 fully saturated rings. The number of benzene rings is 1. The normalized spacial score (nSPS) is 13.0. The Morgan fingerprint density at radius 3 is 1.95 bits per heavy atom. The first-order valence-corrected chi connectivity index (χ1v) is 7.03. The molecular formula is C16H27NO2. The number of hydrogen-bond donors (Lipinski definition) is 1. The van der Waals surface area contributed by atoms with Crippen LogP contribution < -0.4 is 5.32 Å². The van der Waals surface area contributed by atoms with E-state index in [9.17, 15) is 0 Å². The van der Waals surface area contributed by atoms with E-state index in [-0.39, 0.29) is 12.3 Å². The summed E-state index contributed by atoms with van der Waals surface area (Å²) in [6.07, 6.45) is -0.249. The summed E-state index contributed by atoms with van der Waals surface area (Å²) in [6, 6.07) is 4.51. The van der Waals surface area contributed by atoms with E-state index in [2.05, 4.69) is 38.2 Å². The minimum Gasteiger partial charge on any atom is -0.351 e. The minimum absolute atomic E-state index is 0.0548. The summed E-state index contributed by atoms with van der Waals surface area (Å²) >= 11 is 0. The number of likely N-dealkylation sites (N-methyl/N-ethyl adjacent to an activating group) is 1. The molecule has 19 heavy (non-hydrogen) atoms. The number of aryl methyl sites for hydroxylation is 3. The van der Waals surface area contributed by atoms with Crippen molar-refractivity contribution in [3.63, 3.8) is 0 Å². The molecule has 0 aliphatic rings. The van der Waals surface area contributed by atoms with Gasteiger partial charge in [0.2, 0.25) is 0 Å². The molecule has 0 aromatic heterocycles. The SMILES string of the molecule is CCOC(OCC)C(NC)c1cc(C)c(C)cc1C. The molecule has 1 aromatic rings. The molecule has 0 aliphatic heterocycles. The minimum atomic E-state index is -0.249. The Kier molecular flexibility index (Phi) is 6.49. The van der Waals surface area contributed by atoms with E-state index >= 15 is 0 Å². The second-order valence-electron chi connectivity index (χ2n) is 4.84. The van der Waals surface area contributed by atoms with Crippen LogP contribution in [0.5, 0.6) is 0 Å². The van der Waals surface area contributed by atoms with Gasteiger partial charge in [0.05, 0.1) is 6.04 Å². The molecule has 0 spiro atoms. The standard InChI is InChI=1S/C16H27NO2/c1-7-18-16(19-8-2)15(17-6)14-10-12(4)11(3)9-13(14)5/h9-10,15-17H,7-8H2,1-6H3. The van der Waals surface area contributed by atoms with Gasteiger partial charge in [-0.3, -0.25) is 0 Å². The molecule has 1 N–H and O–H groups in total. The van der Waals surface area contributed by atoms with E-state index in [1.54, 1.807) is 0 Å². The highest BCUT2D eigenvalue weighted by molar-refractivity contribution is 5.38. The Morgan fingerprint density at radius 1 is 0.947 bits per heavy atom. The third-order valence-electron chi connectivity index (χ3n) is 3.46. The van der Waals surface area contributed by atoms with Crippen molar-refractivity contribution in [1.29, 1.82) is 0 Å². The Hall–Kier alpha value is -0.900. The van der Waals surface area contributed by atoms with Gasteiger partial charge in [-0.1, -0.05) is 12.1 Å². The molecule has 0 heterocycles. The highest BCUT2D eigenvalue weighted by atomic mass is 16.7. The molecule has 1 aromatic carbocycles. The third kappa shape index (κ3) is 4.03. The van der Waals surface area contributed by atoms with Gasteiger partial charge in [0, 0.05) is 13.2 Å². The zero-order chi connectivity index (χ0) is 14.4. The van der Waals surface area contributed by atoms with Crippen LogP contribution in [0, 0.1) is 20.8 Å². The maximum atomic E-state index is 5.73. The van der Waals surface area contributed by atoms with Gasteiger partial charge in [-0.05, 0) is 63.9 Å². The lowest BCUT2D eigenvalue weighted by molar-refractivity contribution is -0.154. The molecule has 1 atom stereocenters.